The topological polar surface area (TPSA) is 100 Å². The number of carbonyl (C=O) groups is 2. The van der Waals surface area contributed by atoms with Crippen LogP contribution in [0.5, 0.6) is 0 Å². The van der Waals surface area contributed by atoms with Gasteiger partial charge >= 0.3 is 18.4 Å². The molecule has 3 N–H and O–H groups in total. The molecule has 14 heteroatoms. The molecule has 2 aliphatic heterocycles. The van der Waals surface area contributed by atoms with E-state index in [0.29, 0.717) is 37.0 Å². The van der Waals surface area contributed by atoms with E-state index >= 15 is 0 Å². The number of hydrogen-bond acceptors (Lipinski definition) is 6. The summed E-state index contributed by atoms with van der Waals surface area (Å²) < 4.78 is 90.8. The number of aliphatic hydroxyl groups is 1. The summed E-state index contributed by atoms with van der Waals surface area (Å²) in [4.78, 5) is 28.2. The van der Waals surface area contributed by atoms with Gasteiger partial charge in [0.25, 0.3) is 0 Å². The van der Waals surface area contributed by atoms with Crippen molar-refractivity contribution in [1.29, 1.82) is 0 Å². The molecule has 51 heavy (non-hydrogen) atoms. The van der Waals surface area contributed by atoms with Gasteiger partial charge in [0.2, 0.25) is 5.91 Å². The molecule has 8 nitrogen and oxygen atoms in total. The van der Waals surface area contributed by atoms with Crippen LogP contribution in [0.25, 0.3) is 0 Å². The predicted octanol–water partition coefficient (Wildman–Crippen LogP) is 7.17. The van der Waals surface area contributed by atoms with E-state index in [1.807, 2.05) is 13.0 Å². The number of alkyl halides is 6. The monoisotopic (exact) mass is 729 g/mol. The first-order valence-electron chi connectivity index (χ1n) is 17.4. The molecule has 3 unspecified atom stereocenters. The third kappa shape index (κ3) is 11.7. The number of allylic oxidation sites excluding steroid dienone is 2. The van der Waals surface area contributed by atoms with Crippen molar-refractivity contribution in [3.63, 3.8) is 0 Å². The fraction of sp³-hybridized carbons (Fsp3) is 0.622. The summed E-state index contributed by atoms with van der Waals surface area (Å²) in [7, 11) is 1.70. The Kier molecular flexibility index (Phi) is 15.4. The van der Waals surface area contributed by atoms with Gasteiger partial charge in [-0.1, -0.05) is 31.4 Å². The fourth-order valence-electron chi connectivity index (χ4n) is 6.84. The van der Waals surface area contributed by atoms with Crippen LogP contribution in [-0.2, 0) is 33.2 Å². The molecule has 1 saturated carbocycles. The van der Waals surface area contributed by atoms with E-state index in [2.05, 4.69) is 29.1 Å². The number of carbonyl (C=O) groups excluding carboxylic acids is 2. The summed E-state index contributed by atoms with van der Waals surface area (Å²) in [6.07, 6.45) is -1.36. The molecule has 2 saturated heterocycles. The molecule has 0 radical (unpaired) electrons. The normalized spacial score (nSPS) is 24.3. The highest BCUT2D eigenvalue weighted by atomic mass is 19.4. The summed E-state index contributed by atoms with van der Waals surface area (Å²) in [5.74, 6) is 4.91. The van der Waals surface area contributed by atoms with Gasteiger partial charge in [-0.15, -0.1) is 0 Å². The molecule has 4 rings (SSSR count). The van der Waals surface area contributed by atoms with Crippen molar-refractivity contribution in [2.24, 2.45) is 5.41 Å². The first kappa shape index (κ1) is 41.9. The second-order valence-corrected chi connectivity index (χ2v) is 13.1. The minimum Gasteiger partial charge on any atom is -0.444 e. The van der Waals surface area contributed by atoms with Gasteiger partial charge in [0.05, 0.1) is 22.1 Å². The molecule has 0 bridgehead atoms. The first-order chi connectivity index (χ1) is 24.1. The summed E-state index contributed by atoms with van der Waals surface area (Å²) in [6, 6.07) is 1.01. The molecular formula is C37H49F6N3O5. The second kappa shape index (κ2) is 18.8. The van der Waals surface area contributed by atoms with Crippen LogP contribution in [0.2, 0.25) is 0 Å². The quantitative estimate of drug-likeness (QED) is 0.194. The van der Waals surface area contributed by atoms with E-state index in [-0.39, 0.29) is 63.1 Å². The largest absolute Gasteiger partial charge is 0.444 e. The lowest BCUT2D eigenvalue weighted by molar-refractivity contribution is -0.153. The van der Waals surface area contributed by atoms with Crippen molar-refractivity contribution < 1.29 is 50.5 Å². The summed E-state index contributed by atoms with van der Waals surface area (Å²) in [5, 5.41) is 17.7. The Morgan fingerprint density at radius 2 is 1.71 bits per heavy atom. The van der Waals surface area contributed by atoms with Crippen LogP contribution in [0, 0.1) is 17.3 Å². The van der Waals surface area contributed by atoms with Gasteiger partial charge in [0, 0.05) is 44.5 Å². The number of nitrogens with zero attached hydrogens (tertiary/aromatic N) is 1. The number of ether oxygens (including phenoxy) is 2. The van der Waals surface area contributed by atoms with E-state index in [0.717, 1.165) is 13.2 Å². The number of amides is 2. The van der Waals surface area contributed by atoms with Crippen molar-refractivity contribution in [3.8, 4) is 11.8 Å². The van der Waals surface area contributed by atoms with Gasteiger partial charge in [0.1, 0.15) is 6.61 Å². The molecule has 2 amide bonds. The standard InChI is InChI=1S/C32H39F6N3O4.C5H10O/c1-4-6-9-22(8-5-2)21-45-28(43)41-14-7-11-30(44,13-15-41)29(12-10-26(19-29)39-3)27(42)40-20-23-16-24(31(33,34)35)18-25(17-23)32(36,37)38;1-2-4-6-5-3-1/h4,8,16-18,26,39,44H,1,5,7,10-15,19-21H2,2-3H3,(H,40,42);1-5H2/b22-8+;. The van der Waals surface area contributed by atoms with Gasteiger partial charge in [-0.2, -0.15) is 26.3 Å². The summed E-state index contributed by atoms with van der Waals surface area (Å²) in [6.45, 7) is 7.14. The lowest BCUT2D eigenvalue weighted by Gasteiger charge is -2.44. The van der Waals surface area contributed by atoms with Gasteiger partial charge in [-0.05, 0) is 101 Å². The molecule has 3 aliphatic rings. The maximum atomic E-state index is 13.8. The number of likely N-dealkylation sites (tertiary alicyclic amines) is 1. The SMILES string of the molecule is C1CCOCC1.C=CC#C/C(=C\CC)COC(=O)N1CCCC(O)(C2(C(=O)NCc3cc(C(F)(F)F)cc(C(F)(F)F)c3)CCC(NC)C2)CC1. The van der Waals surface area contributed by atoms with Crippen molar-refractivity contribution in [2.45, 2.75) is 102 Å². The van der Waals surface area contributed by atoms with E-state index in [1.54, 1.807) is 7.05 Å². The van der Waals surface area contributed by atoms with Gasteiger partial charge < -0.3 is 30.1 Å². The highest BCUT2D eigenvalue weighted by molar-refractivity contribution is 5.84. The zero-order valence-electron chi connectivity index (χ0n) is 29.3. The van der Waals surface area contributed by atoms with Gasteiger partial charge in [-0.3, -0.25) is 4.79 Å². The Balaban J connectivity index is 0.00000106. The molecule has 284 valence electrons. The van der Waals surface area contributed by atoms with Crippen molar-refractivity contribution >= 4 is 12.0 Å². The predicted molar refractivity (Wildman–Crippen MR) is 180 cm³/mol. The number of benzene rings is 1. The molecule has 0 aromatic heterocycles. The summed E-state index contributed by atoms with van der Waals surface area (Å²) in [5.41, 5.74) is -5.73. The average Bonchev–Trinajstić information content (AvgIpc) is 3.46. The van der Waals surface area contributed by atoms with Crippen LogP contribution in [0.4, 0.5) is 31.1 Å². The first-order valence-corrected chi connectivity index (χ1v) is 17.4. The van der Waals surface area contributed by atoms with Crippen LogP contribution >= 0.6 is 0 Å². The van der Waals surface area contributed by atoms with E-state index < -0.39 is 53.0 Å². The Morgan fingerprint density at radius 1 is 1.04 bits per heavy atom. The Bertz CT molecular complexity index is 1390. The van der Waals surface area contributed by atoms with Crippen LogP contribution in [0.1, 0.15) is 87.8 Å². The molecule has 0 spiro atoms. The highest BCUT2D eigenvalue weighted by Crippen LogP contribution is 2.51. The molecule has 3 atom stereocenters. The zero-order valence-corrected chi connectivity index (χ0v) is 29.3. The van der Waals surface area contributed by atoms with Crippen LogP contribution in [0.3, 0.4) is 0 Å². The third-order valence-corrected chi connectivity index (χ3v) is 9.63. The number of halogens is 6. The number of nitrogens with one attached hydrogen (secondary N) is 2. The molecule has 1 aromatic rings. The van der Waals surface area contributed by atoms with Crippen molar-refractivity contribution in [1.82, 2.24) is 15.5 Å². The van der Waals surface area contributed by atoms with Crippen LogP contribution in [-0.4, -0.2) is 73.6 Å². The molecular weight excluding hydrogens is 680 g/mol. The number of hydrogen-bond donors (Lipinski definition) is 3. The maximum Gasteiger partial charge on any atom is 0.416 e. The second-order valence-electron chi connectivity index (χ2n) is 13.1. The number of rotatable bonds is 8. The van der Waals surface area contributed by atoms with Gasteiger partial charge in [-0.25, -0.2) is 4.79 Å². The minimum atomic E-state index is -5.03. The van der Waals surface area contributed by atoms with Crippen molar-refractivity contribution in [3.05, 3.63) is 59.2 Å². The summed E-state index contributed by atoms with van der Waals surface area (Å²) >= 11 is 0. The highest BCUT2D eigenvalue weighted by Gasteiger charge is 2.58. The Morgan fingerprint density at radius 3 is 2.22 bits per heavy atom. The molecule has 1 aromatic carbocycles. The van der Waals surface area contributed by atoms with E-state index in [9.17, 15) is 41.0 Å². The van der Waals surface area contributed by atoms with E-state index in [1.165, 1.54) is 30.2 Å². The zero-order chi connectivity index (χ0) is 37.7. The Labute approximate surface area is 296 Å². The molecule has 1 aliphatic carbocycles. The van der Waals surface area contributed by atoms with E-state index in [4.69, 9.17) is 9.47 Å². The van der Waals surface area contributed by atoms with Crippen LogP contribution in [0.15, 0.2) is 42.5 Å². The van der Waals surface area contributed by atoms with Gasteiger partial charge in [0.15, 0.2) is 0 Å². The molecule has 2 heterocycles. The molecule has 3 fully saturated rings. The maximum absolute atomic E-state index is 13.8. The fourth-order valence-corrected chi connectivity index (χ4v) is 6.84. The van der Waals surface area contributed by atoms with Crippen molar-refractivity contribution in [2.75, 3.05) is 40.0 Å². The van der Waals surface area contributed by atoms with Crippen LogP contribution < -0.4 is 10.6 Å². The third-order valence-electron chi connectivity index (χ3n) is 9.63. The minimum absolute atomic E-state index is 0.0155. The smallest absolute Gasteiger partial charge is 0.416 e. The average molecular weight is 730 g/mol. The lowest BCUT2D eigenvalue weighted by Crippen LogP contribution is -2.56. The Hall–Kier alpha value is -3.54. The lowest BCUT2D eigenvalue weighted by atomic mass is 9.66.